The van der Waals surface area contributed by atoms with Gasteiger partial charge in [0, 0.05) is 6.54 Å². The SMILES string of the molecule is CC1OC(C)C(C(=O)NCC2CCCC2CN)C1C. The summed E-state index contributed by atoms with van der Waals surface area (Å²) in [5.41, 5.74) is 5.78. The fraction of sp³-hybridized carbons (Fsp3) is 0.933. The summed E-state index contributed by atoms with van der Waals surface area (Å²) < 4.78 is 5.74. The first-order valence-corrected chi connectivity index (χ1v) is 7.67. The Kier molecular flexibility index (Phi) is 4.85. The van der Waals surface area contributed by atoms with E-state index in [0.717, 1.165) is 13.1 Å². The number of hydrogen-bond donors (Lipinski definition) is 2. The summed E-state index contributed by atoms with van der Waals surface area (Å²) >= 11 is 0. The first kappa shape index (κ1) is 14.8. The van der Waals surface area contributed by atoms with Crippen molar-refractivity contribution in [1.29, 1.82) is 0 Å². The zero-order valence-corrected chi connectivity index (χ0v) is 12.4. The molecule has 2 fully saturated rings. The van der Waals surface area contributed by atoms with Crippen molar-refractivity contribution in [2.75, 3.05) is 13.1 Å². The van der Waals surface area contributed by atoms with Crippen LogP contribution in [0.25, 0.3) is 0 Å². The third-order valence-electron chi connectivity index (χ3n) is 5.20. The van der Waals surface area contributed by atoms with Crippen molar-refractivity contribution in [2.24, 2.45) is 29.4 Å². The smallest absolute Gasteiger partial charge is 0.226 e. The van der Waals surface area contributed by atoms with Crippen molar-refractivity contribution in [3.8, 4) is 0 Å². The van der Waals surface area contributed by atoms with Crippen molar-refractivity contribution in [3.63, 3.8) is 0 Å². The van der Waals surface area contributed by atoms with Crippen molar-refractivity contribution in [3.05, 3.63) is 0 Å². The molecule has 1 saturated heterocycles. The van der Waals surface area contributed by atoms with E-state index in [0.29, 0.717) is 17.8 Å². The number of ether oxygens (including phenoxy) is 1. The van der Waals surface area contributed by atoms with E-state index in [1.54, 1.807) is 0 Å². The molecule has 0 radical (unpaired) electrons. The fourth-order valence-corrected chi connectivity index (χ4v) is 3.76. The molecule has 0 aromatic rings. The van der Waals surface area contributed by atoms with E-state index in [4.69, 9.17) is 10.5 Å². The van der Waals surface area contributed by atoms with Crippen LogP contribution in [0.5, 0.6) is 0 Å². The summed E-state index contributed by atoms with van der Waals surface area (Å²) in [6, 6.07) is 0. The Hall–Kier alpha value is -0.610. The van der Waals surface area contributed by atoms with E-state index in [-0.39, 0.29) is 24.0 Å². The molecule has 6 unspecified atom stereocenters. The van der Waals surface area contributed by atoms with Crippen molar-refractivity contribution >= 4 is 5.91 Å². The van der Waals surface area contributed by atoms with Gasteiger partial charge in [-0.25, -0.2) is 0 Å². The Balaban J connectivity index is 1.84. The van der Waals surface area contributed by atoms with E-state index in [9.17, 15) is 4.79 Å². The summed E-state index contributed by atoms with van der Waals surface area (Å²) in [6.45, 7) is 7.69. The largest absolute Gasteiger partial charge is 0.374 e. The Labute approximate surface area is 116 Å². The van der Waals surface area contributed by atoms with Gasteiger partial charge in [-0.05, 0) is 51.0 Å². The van der Waals surface area contributed by atoms with Gasteiger partial charge >= 0.3 is 0 Å². The molecule has 1 aliphatic carbocycles. The molecule has 0 aromatic heterocycles. The quantitative estimate of drug-likeness (QED) is 0.813. The molecule has 6 atom stereocenters. The summed E-state index contributed by atoms with van der Waals surface area (Å²) in [7, 11) is 0. The summed E-state index contributed by atoms with van der Waals surface area (Å²) in [6.07, 6.45) is 3.87. The number of hydrogen-bond acceptors (Lipinski definition) is 3. The molecule has 4 heteroatoms. The van der Waals surface area contributed by atoms with Gasteiger partial charge in [-0.1, -0.05) is 13.3 Å². The molecule has 1 aliphatic heterocycles. The molecule has 1 heterocycles. The first-order chi connectivity index (χ1) is 9.04. The molecular formula is C15H28N2O2. The highest BCUT2D eigenvalue weighted by Gasteiger charge is 2.41. The van der Waals surface area contributed by atoms with E-state index >= 15 is 0 Å². The van der Waals surface area contributed by atoms with Crippen molar-refractivity contribution < 1.29 is 9.53 Å². The number of amides is 1. The lowest BCUT2D eigenvalue weighted by molar-refractivity contribution is -0.127. The van der Waals surface area contributed by atoms with Gasteiger partial charge in [-0.15, -0.1) is 0 Å². The second kappa shape index (κ2) is 6.23. The van der Waals surface area contributed by atoms with Crippen LogP contribution in [-0.4, -0.2) is 31.2 Å². The molecule has 3 N–H and O–H groups in total. The van der Waals surface area contributed by atoms with Crippen molar-refractivity contribution in [2.45, 2.75) is 52.2 Å². The zero-order valence-electron chi connectivity index (χ0n) is 12.4. The monoisotopic (exact) mass is 268 g/mol. The lowest BCUT2D eigenvalue weighted by Gasteiger charge is -2.22. The normalized spacial score (nSPS) is 42.5. The highest BCUT2D eigenvalue weighted by molar-refractivity contribution is 5.79. The average Bonchev–Trinajstić information content (AvgIpc) is 2.92. The molecule has 0 spiro atoms. The summed E-state index contributed by atoms with van der Waals surface area (Å²) in [4.78, 5) is 12.3. The Morgan fingerprint density at radius 3 is 2.47 bits per heavy atom. The molecule has 19 heavy (non-hydrogen) atoms. The van der Waals surface area contributed by atoms with E-state index < -0.39 is 0 Å². The van der Waals surface area contributed by atoms with Gasteiger partial charge in [-0.2, -0.15) is 0 Å². The van der Waals surface area contributed by atoms with Crippen molar-refractivity contribution in [1.82, 2.24) is 5.32 Å². The van der Waals surface area contributed by atoms with Crippen LogP contribution < -0.4 is 11.1 Å². The molecule has 4 nitrogen and oxygen atoms in total. The van der Waals surface area contributed by atoms with Gasteiger partial charge < -0.3 is 15.8 Å². The second-order valence-electron chi connectivity index (χ2n) is 6.36. The van der Waals surface area contributed by atoms with E-state index in [1.807, 2.05) is 6.92 Å². The average molecular weight is 268 g/mol. The molecule has 110 valence electrons. The number of rotatable bonds is 4. The predicted molar refractivity (Wildman–Crippen MR) is 75.6 cm³/mol. The zero-order chi connectivity index (χ0) is 14.0. The second-order valence-corrected chi connectivity index (χ2v) is 6.36. The third-order valence-corrected chi connectivity index (χ3v) is 5.20. The minimum Gasteiger partial charge on any atom is -0.374 e. The predicted octanol–water partition coefficient (Wildman–Crippen LogP) is 1.54. The Morgan fingerprint density at radius 2 is 1.89 bits per heavy atom. The van der Waals surface area contributed by atoms with Gasteiger partial charge in [0.25, 0.3) is 0 Å². The fourth-order valence-electron chi connectivity index (χ4n) is 3.76. The lowest BCUT2D eigenvalue weighted by Crippen LogP contribution is -2.40. The highest BCUT2D eigenvalue weighted by atomic mass is 16.5. The highest BCUT2D eigenvalue weighted by Crippen LogP contribution is 2.33. The minimum absolute atomic E-state index is 0.00673. The number of carbonyl (C=O) groups is 1. The maximum Gasteiger partial charge on any atom is 0.226 e. The van der Waals surface area contributed by atoms with Gasteiger partial charge in [0.1, 0.15) is 0 Å². The standard InChI is InChI=1S/C15H28N2O2/c1-9-10(2)19-11(3)14(9)15(18)17-8-13-6-4-5-12(13)7-16/h9-14H,4-8,16H2,1-3H3,(H,17,18). The van der Waals surface area contributed by atoms with Gasteiger partial charge in [-0.3, -0.25) is 4.79 Å². The van der Waals surface area contributed by atoms with E-state index in [2.05, 4.69) is 19.2 Å². The molecule has 0 aromatic carbocycles. The van der Waals surface area contributed by atoms with Crippen LogP contribution >= 0.6 is 0 Å². The maximum atomic E-state index is 12.3. The van der Waals surface area contributed by atoms with Crippen LogP contribution in [0, 0.1) is 23.7 Å². The van der Waals surface area contributed by atoms with Crippen LogP contribution in [0.1, 0.15) is 40.0 Å². The molecule has 2 rings (SSSR count). The van der Waals surface area contributed by atoms with Crippen LogP contribution in [0.2, 0.25) is 0 Å². The first-order valence-electron chi connectivity index (χ1n) is 7.67. The number of nitrogens with one attached hydrogen (secondary N) is 1. The molecular weight excluding hydrogens is 240 g/mol. The third kappa shape index (κ3) is 3.11. The molecule has 1 saturated carbocycles. The topological polar surface area (TPSA) is 64.3 Å². The number of carbonyl (C=O) groups excluding carboxylic acids is 1. The Morgan fingerprint density at radius 1 is 1.21 bits per heavy atom. The van der Waals surface area contributed by atoms with Gasteiger partial charge in [0.15, 0.2) is 0 Å². The summed E-state index contributed by atoms with van der Waals surface area (Å²) in [5, 5.41) is 3.14. The number of nitrogens with two attached hydrogens (primary N) is 1. The summed E-state index contributed by atoms with van der Waals surface area (Å²) in [5.74, 6) is 1.61. The van der Waals surface area contributed by atoms with E-state index in [1.165, 1.54) is 19.3 Å². The molecule has 2 aliphatic rings. The minimum atomic E-state index is -0.00673. The van der Waals surface area contributed by atoms with Crippen LogP contribution in [0.3, 0.4) is 0 Å². The van der Waals surface area contributed by atoms with Crippen LogP contribution in [-0.2, 0) is 9.53 Å². The lowest BCUT2D eigenvalue weighted by atomic mass is 9.88. The molecule has 1 amide bonds. The Bertz CT molecular complexity index is 321. The molecule has 0 bridgehead atoms. The van der Waals surface area contributed by atoms with Gasteiger partial charge in [0.2, 0.25) is 5.91 Å². The van der Waals surface area contributed by atoms with Gasteiger partial charge in [0.05, 0.1) is 18.1 Å². The van der Waals surface area contributed by atoms with Crippen LogP contribution in [0.15, 0.2) is 0 Å². The maximum absolute atomic E-state index is 12.3. The van der Waals surface area contributed by atoms with Crippen LogP contribution in [0.4, 0.5) is 0 Å².